The summed E-state index contributed by atoms with van der Waals surface area (Å²) in [4.78, 5) is 13.9. The number of likely N-dealkylation sites (N-methyl/N-ethyl adjacent to an activating group) is 1. The van der Waals surface area contributed by atoms with Crippen molar-refractivity contribution in [3.8, 4) is 0 Å². The topological polar surface area (TPSA) is 32.3 Å². The third-order valence-corrected chi connectivity index (χ3v) is 3.03. The summed E-state index contributed by atoms with van der Waals surface area (Å²) in [6, 6.07) is 7.91. The van der Waals surface area contributed by atoms with E-state index in [1.54, 1.807) is 4.90 Å². The van der Waals surface area contributed by atoms with E-state index in [1.807, 2.05) is 38.2 Å². The zero-order valence-corrected chi connectivity index (χ0v) is 11.9. The van der Waals surface area contributed by atoms with Crippen LogP contribution in [0.15, 0.2) is 24.3 Å². The summed E-state index contributed by atoms with van der Waals surface area (Å²) in [6.07, 6.45) is 2.16. The van der Waals surface area contributed by atoms with Crippen LogP contribution in [0.5, 0.6) is 0 Å². The Bertz CT molecular complexity index is 373. The minimum absolute atomic E-state index is 0.143. The Morgan fingerprint density at radius 2 is 1.94 bits per heavy atom. The molecule has 0 saturated carbocycles. The first-order valence-electron chi connectivity index (χ1n) is 6.62. The van der Waals surface area contributed by atoms with Crippen LogP contribution in [-0.4, -0.2) is 30.4 Å². The second kappa shape index (κ2) is 7.04. The van der Waals surface area contributed by atoms with Gasteiger partial charge in [-0.3, -0.25) is 4.79 Å². The molecule has 1 unspecified atom stereocenters. The molecule has 0 radical (unpaired) electrons. The van der Waals surface area contributed by atoms with Gasteiger partial charge in [0.15, 0.2) is 0 Å². The number of carbonyl (C=O) groups excluding carboxylic acids is 1. The lowest BCUT2D eigenvalue weighted by molar-refractivity contribution is -0.130. The number of amides is 1. The number of benzene rings is 1. The molecule has 1 amide bonds. The zero-order chi connectivity index (χ0) is 13.5. The predicted molar refractivity (Wildman–Crippen MR) is 76.8 cm³/mol. The van der Waals surface area contributed by atoms with E-state index in [9.17, 15) is 4.79 Å². The van der Waals surface area contributed by atoms with Gasteiger partial charge in [0.05, 0.1) is 0 Å². The third-order valence-electron chi connectivity index (χ3n) is 3.03. The first-order valence-corrected chi connectivity index (χ1v) is 6.62. The molecule has 100 valence electrons. The molecule has 1 N–H and O–H groups in total. The van der Waals surface area contributed by atoms with Crippen molar-refractivity contribution in [2.45, 2.75) is 39.7 Å². The Morgan fingerprint density at radius 3 is 2.50 bits per heavy atom. The maximum Gasteiger partial charge on any atom is 0.244 e. The SMILES string of the molecule is CCCCN(C)C(=O)C(C)Nc1ccc(C)cc1. The molecule has 18 heavy (non-hydrogen) atoms. The molecule has 0 heterocycles. The molecule has 1 rings (SSSR count). The Hall–Kier alpha value is -1.51. The number of rotatable bonds is 6. The van der Waals surface area contributed by atoms with Crippen molar-refractivity contribution in [3.63, 3.8) is 0 Å². The Balaban J connectivity index is 2.51. The average molecular weight is 248 g/mol. The highest BCUT2D eigenvalue weighted by Crippen LogP contribution is 2.10. The standard InChI is InChI=1S/C15H24N2O/c1-5-6-11-17(4)15(18)13(3)16-14-9-7-12(2)8-10-14/h7-10,13,16H,5-6,11H2,1-4H3. The number of hydrogen-bond donors (Lipinski definition) is 1. The molecule has 1 aromatic rings. The van der Waals surface area contributed by atoms with Gasteiger partial charge in [0.25, 0.3) is 0 Å². The van der Waals surface area contributed by atoms with E-state index in [1.165, 1.54) is 5.56 Å². The fraction of sp³-hybridized carbons (Fsp3) is 0.533. The van der Waals surface area contributed by atoms with E-state index in [4.69, 9.17) is 0 Å². The summed E-state index contributed by atoms with van der Waals surface area (Å²) < 4.78 is 0. The summed E-state index contributed by atoms with van der Waals surface area (Å²) in [7, 11) is 1.87. The minimum Gasteiger partial charge on any atom is -0.374 e. The monoisotopic (exact) mass is 248 g/mol. The summed E-state index contributed by atoms with van der Waals surface area (Å²) in [5.41, 5.74) is 2.21. The molecule has 0 aromatic heterocycles. The lowest BCUT2D eigenvalue weighted by atomic mass is 10.2. The second-order valence-electron chi connectivity index (χ2n) is 4.85. The summed E-state index contributed by atoms with van der Waals surface area (Å²) in [6.45, 7) is 6.92. The fourth-order valence-corrected chi connectivity index (χ4v) is 1.80. The van der Waals surface area contributed by atoms with Gasteiger partial charge in [-0.05, 0) is 32.4 Å². The van der Waals surface area contributed by atoms with Crippen molar-refractivity contribution in [3.05, 3.63) is 29.8 Å². The second-order valence-corrected chi connectivity index (χ2v) is 4.85. The van der Waals surface area contributed by atoms with Crippen LogP contribution in [0.25, 0.3) is 0 Å². The Labute approximate surface area is 110 Å². The molecule has 3 nitrogen and oxygen atoms in total. The van der Waals surface area contributed by atoms with Crippen LogP contribution in [0, 0.1) is 6.92 Å². The summed E-state index contributed by atoms with van der Waals surface area (Å²) >= 11 is 0. The molecule has 0 fully saturated rings. The highest BCUT2D eigenvalue weighted by Gasteiger charge is 2.16. The van der Waals surface area contributed by atoms with Crippen molar-refractivity contribution in [1.82, 2.24) is 4.90 Å². The van der Waals surface area contributed by atoms with Crippen LogP contribution in [-0.2, 0) is 4.79 Å². The van der Waals surface area contributed by atoms with Crippen LogP contribution in [0.1, 0.15) is 32.3 Å². The van der Waals surface area contributed by atoms with Gasteiger partial charge in [-0.2, -0.15) is 0 Å². The van der Waals surface area contributed by atoms with Crippen molar-refractivity contribution < 1.29 is 4.79 Å². The summed E-state index contributed by atoms with van der Waals surface area (Å²) in [5.74, 6) is 0.143. The van der Waals surface area contributed by atoms with Crippen LogP contribution >= 0.6 is 0 Å². The van der Waals surface area contributed by atoms with Gasteiger partial charge in [0.1, 0.15) is 6.04 Å². The third kappa shape index (κ3) is 4.40. The molecule has 1 aromatic carbocycles. The van der Waals surface area contributed by atoms with Gasteiger partial charge in [0, 0.05) is 19.3 Å². The number of anilines is 1. The molecule has 0 aliphatic rings. The van der Waals surface area contributed by atoms with E-state index in [-0.39, 0.29) is 11.9 Å². The number of hydrogen-bond acceptors (Lipinski definition) is 2. The Morgan fingerprint density at radius 1 is 1.33 bits per heavy atom. The molecule has 0 aliphatic carbocycles. The van der Waals surface area contributed by atoms with E-state index in [0.717, 1.165) is 25.1 Å². The molecule has 0 bridgehead atoms. The van der Waals surface area contributed by atoms with E-state index < -0.39 is 0 Å². The first-order chi connectivity index (χ1) is 8.54. The number of aryl methyl sites for hydroxylation is 1. The van der Waals surface area contributed by atoms with Crippen LogP contribution < -0.4 is 5.32 Å². The molecule has 3 heteroatoms. The molecular weight excluding hydrogens is 224 g/mol. The smallest absolute Gasteiger partial charge is 0.244 e. The zero-order valence-electron chi connectivity index (χ0n) is 11.9. The molecular formula is C15H24N2O. The van der Waals surface area contributed by atoms with E-state index in [0.29, 0.717) is 0 Å². The highest BCUT2D eigenvalue weighted by molar-refractivity contribution is 5.84. The maximum atomic E-state index is 12.1. The van der Waals surface area contributed by atoms with Crippen LogP contribution in [0.4, 0.5) is 5.69 Å². The largest absolute Gasteiger partial charge is 0.374 e. The van der Waals surface area contributed by atoms with Crippen LogP contribution in [0.2, 0.25) is 0 Å². The van der Waals surface area contributed by atoms with Crippen molar-refractivity contribution in [2.75, 3.05) is 18.9 Å². The Kier molecular flexibility index (Phi) is 5.69. The average Bonchev–Trinajstić information content (AvgIpc) is 2.37. The summed E-state index contributed by atoms with van der Waals surface area (Å²) in [5, 5.41) is 3.23. The molecule has 0 aliphatic heterocycles. The quantitative estimate of drug-likeness (QED) is 0.839. The van der Waals surface area contributed by atoms with Crippen molar-refractivity contribution in [1.29, 1.82) is 0 Å². The lowest BCUT2D eigenvalue weighted by Crippen LogP contribution is -2.39. The molecule has 0 saturated heterocycles. The van der Waals surface area contributed by atoms with Gasteiger partial charge >= 0.3 is 0 Å². The number of nitrogens with one attached hydrogen (secondary N) is 1. The predicted octanol–water partition coefficient (Wildman–Crippen LogP) is 3.05. The van der Waals surface area contributed by atoms with Gasteiger partial charge < -0.3 is 10.2 Å². The normalized spacial score (nSPS) is 12.0. The molecule has 0 spiro atoms. The van der Waals surface area contributed by atoms with E-state index >= 15 is 0 Å². The minimum atomic E-state index is -0.186. The van der Waals surface area contributed by atoms with E-state index in [2.05, 4.69) is 19.2 Å². The van der Waals surface area contributed by atoms with Gasteiger partial charge in [-0.15, -0.1) is 0 Å². The highest BCUT2D eigenvalue weighted by atomic mass is 16.2. The molecule has 1 atom stereocenters. The number of carbonyl (C=O) groups is 1. The maximum absolute atomic E-state index is 12.1. The van der Waals surface area contributed by atoms with Gasteiger partial charge in [-0.1, -0.05) is 31.0 Å². The van der Waals surface area contributed by atoms with Gasteiger partial charge in [0.2, 0.25) is 5.91 Å². The number of unbranched alkanes of at least 4 members (excludes halogenated alkanes) is 1. The first kappa shape index (κ1) is 14.6. The van der Waals surface area contributed by atoms with Crippen molar-refractivity contribution >= 4 is 11.6 Å². The number of nitrogens with zero attached hydrogens (tertiary/aromatic N) is 1. The van der Waals surface area contributed by atoms with Crippen molar-refractivity contribution in [2.24, 2.45) is 0 Å². The fourth-order valence-electron chi connectivity index (χ4n) is 1.80. The van der Waals surface area contributed by atoms with Crippen LogP contribution in [0.3, 0.4) is 0 Å². The lowest BCUT2D eigenvalue weighted by Gasteiger charge is -2.22. The van der Waals surface area contributed by atoms with Gasteiger partial charge in [-0.25, -0.2) is 0 Å².